The highest BCUT2D eigenvalue weighted by Gasteiger charge is 2.20. The fourth-order valence-corrected chi connectivity index (χ4v) is 4.43. The lowest BCUT2D eigenvalue weighted by atomic mass is 9.80. The van der Waals surface area contributed by atoms with Crippen LogP contribution in [0.5, 0.6) is 11.5 Å². The Hall–Kier alpha value is -1.96. The number of hydrogen-bond acceptors (Lipinski definition) is 2. The number of rotatable bonds is 2. The van der Waals surface area contributed by atoms with Crippen LogP contribution < -0.4 is 0 Å². The predicted octanol–water partition coefficient (Wildman–Crippen LogP) is 6.88. The molecule has 4 rings (SSSR count). The van der Waals surface area contributed by atoms with Crippen LogP contribution in [-0.2, 0) is 0 Å². The Kier molecular flexibility index (Phi) is 6.99. The highest BCUT2D eigenvalue weighted by Crippen LogP contribution is 2.39. The minimum atomic E-state index is 0.322. The van der Waals surface area contributed by atoms with Crippen LogP contribution in [0.15, 0.2) is 48.5 Å². The zero-order chi connectivity index (χ0) is 18.2. The van der Waals surface area contributed by atoms with E-state index >= 15 is 0 Å². The summed E-state index contributed by atoms with van der Waals surface area (Å²) in [4.78, 5) is 0. The van der Waals surface area contributed by atoms with Crippen LogP contribution in [0.2, 0.25) is 0 Å². The molecule has 0 amide bonds. The van der Waals surface area contributed by atoms with Crippen LogP contribution in [0.4, 0.5) is 0 Å². The van der Waals surface area contributed by atoms with E-state index in [1.165, 1.54) is 75.3 Å². The Morgan fingerprint density at radius 1 is 0.538 bits per heavy atom. The van der Waals surface area contributed by atoms with Gasteiger partial charge in [0.15, 0.2) is 0 Å². The molecule has 0 radical (unpaired) electrons. The van der Waals surface area contributed by atoms with Gasteiger partial charge in [-0.15, -0.1) is 0 Å². The maximum atomic E-state index is 10.1. The van der Waals surface area contributed by atoms with Gasteiger partial charge in [-0.2, -0.15) is 0 Å². The van der Waals surface area contributed by atoms with E-state index in [4.69, 9.17) is 5.11 Å². The van der Waals surface area contributed by atoms with Crippen molar-refractivity contribution in [3.63, 3.8) is 0 Å². The maximum Gasteiger partial charge on any atom is 0.116 e. The van der Waals surface area contributed by atoms with Crippen molar-refractivity contribution in [3.8, 4) is 11.5 Å². The molecule has 2 fully saturated rings. The molecule has 0 aromatic heterocycles. The molecular formula is C24H32O2. The quantitative estimate of drug-likeness (QED) is 0.618. The first-order chi connectivity index (χ1) is 12.7. The third kappa shape index (κ3) is 5.52. The molecule has 0 bridgehead atoms. The van der Waals surface area contributed by atoms with Crippen LogP contribution in [0.3, 0.4) is 0 Å². The molecular weight excluding hydrogens is 320 g/mol. The number of benzene rings is 2. The lowest BCUT2D eigenvalue weighted by molar-refractivity contribution is 0.427. The highest BCUT2D eigenvalue weighted by atomic mass is 16.3. The highest BCUT2D eigenvalue weighted by molar-refractivity contribution is 5.37. The van der Waals surface area contributed by atoms with E-state index in [1.807, 2.05) is 18.2 Å². The van der Waals surface area contributed by atoms with Gasteiger partial charge < -0.3 is 10.2 Å². The number of phenols is 2. The minimum absolute atomic E-state index is 0.322. The second-order valence-electron chi connectivity index (χ2n) is 7.86. The molecule has 0 saturated heterocycles. The number of aromatic hydroxyl groups is 2. The van der Waals surface area contributed by atoms with Crippen molar-refractivity contribution in [1.82, 2.24) is 0 Å². The van der Waals surface area contributed by atoms with E-state index in [-0.39, 0.29) is 0 Å². The Labute approximate surface area is 157 Å². The van der Waals surface area contributed by atoms with Crippen LogP contribution in [0.1, 0.15) is 87.2 Å². The van der Waals surface area contributed by atoms with Gasteiger partial charge in [-0.05, 0) is 72.9 Å². The van der Waals surface area contributed by atoms with E-state index in [0.29, 0.717) is 23.3 Å². The standard InChI is InChI=1S/C18H26O.C6H6O/c19-18-12-16(14-7-3-1-4-8-14)11-17(13-18)15-9-5-2-6-10-15;7-6-4-2-1-3-5-6/h11-15,19H,1-10H2;1-5,7H. The summed E-state index contributed by atoms with van der Waals surface area (Å²) in [6.07, 6.45) is 13.5. The third-order valence-electron chi connectivity index (χ3n) is 5.87. The van der Waals surface area contributed by atoms with E-state index < -0.39 is 0 Å². The summed E-state index contributed by atoms with van der Waals surface area (Å²) in [6.45, 7) is 0. The normalized spacial score (nSPS) is 18.8. The SMILES string of the molecule is Oc1cc(C2CCCCC2)cc(C2CCCCC2)c1.Oc1ccccc1. The van der Waals surface area contributed by atoms with Gasteiger partial charge in [0.25, 0.3) is 0 Å². The average molecular weight is 353 g/mol. The molecule has 26 heavy (non-hydrogen) atoms. The molecule has 140 valence electrons. The fourth-order valence-electron chi connectivity index (χ4n) is 4.43. The number of phenolic OH excluding ortho intramolecular Hbond substituents is 2. The summed E-state index contributed by atoms with van der Waals surface area (Å²) < 4.78 is 0. The molecule has 0 unspecified atom stereocenters. The summed E-state index contributed by atoms with van der Waals surface area (Å²) in [5.74, 6) is 2.21. The van der Waals surface area contributed by atoms with Crippen LogP contribution in [0, 0.1) is 0 Å². The largest absolute Gasteiger partial charge is 0.508 e. The van der Waals surface area contributed by atoms with Crippen LogP contribution in [-0.4, -0.2) is 10.2 Å². The predicted molar refractivity (Wildman–Crippen MR) is 108 cm³/mol. The van der Waals surface area contributed by atoms with Gasteiger partial charge in [0.1, 0.15) is 11.5 Å². The molecule has 0 heterocycles. The molecule has 2 aromatic rings. The number of para-hydroxylation sites is 1. The summed E-state index contributed by atoms with van der Waals surface area (Å²) in [7, 11) is 0. The first-order valence-electron chi connectivity index (χ1n) is 10.3. The smallest absolute Gasteiger partial charge is 0.116 e. The van der Waals surface area contributed by atoms with Crippen molar-refractivity contribution in [3.05, 3.63) is 59.7 Å². The van der Waals surface area contributed by atoms with E-state index in [0.717, 1.165) is 0 Å². The fraction of sp³-hybridized carbons (Fsp3) is 0.500. The van der Waals surface area contributed by atoms with Crippen LogP contribution in [0.25, 0.3) is 0 Å². The molecule has 0 aliphatic heterocycles. The second kappa shape index (κ2) is 9.66. The topological polar surface area (TPSA) is 40.5 Å². The van der Waals surface area contributed by atoms with Gasteiger partial charge in [-0.1, -0.05) is 62.8 Å². The van der Waals surface area contributed by atoms with E-state index in [1.54, 1.807) is 24.3 Å². The average Bonchev–Trinajstić information content (AvgIpc) is 2.70. The lowest BCUT2D eigenvalue weighted by Crippen LogP contribution is -2.08. The Balaban J connectivity index is 0.000000236. The second-order valence-corrected chi connectivity index (χ2v) is 7.86. The van der Waals surface area contributed by atoms with Crippen LogP contribution >= 0.6 is 0 Å². The molecule has 2 nitrogen and oxygen atoms in total. The molecule has 0 atom stereocenters. The minimum Gasteiger partial charge on any atom is -0.508 e. The summed E-state index contributed by atoms with van der Waals surface area (Å²) in [5.41, 5.74) is 2.81. The Morgan fingerprint density at radius 2 is 1.00 bits per heavy atom. The van der Waals surface area contributed by atoms with Crippen molar-refractivity contribution < 1.29 is 10.2 Å². The molecule has 2 aliphatic carbocycles. The summed E-state index contributed by atoms with van der Waals surface area (Å²) >= 11 is 0. The lowest BCUT2D eigenvalue weighted by Gasteiger charge is -2.26. The Morgan fingerprint density at radius 3 is 1.38 bits per heavy atom. The summed E-state index contributed by atoms with van der Waals surface area (Å²) in [6, 6.07) is 15.2. The first-order valence-corrected chi connectivity index (χ1v) is 10.3. The molecule has 0 spiro atoms. The summed E-state index contributed by atoms with van der Waals surface area (Å²) in [5, 5.41) is 18.7. The zero-order valence-electron chi connectivity index (χ0n) is 15.7. The van der Waals surface area contributed by atoms with E-state index in [2.05, 4.69) is 6.07 Å². The van der Waals surface area contributed by atoms with Crippen molar-refractivity contribution in [2.24, 2.45) is 0 Å². The third-order valence-corrected chi connectivity index (χ3v) is 5.87. The maximum absolute atomic E-state index is 10.1. The molecule has 2 aromatic carbocycles. The van der Waals surface area contributed by atoms with Crippen molar-refractivity contribution in [2.45, 2.75) is 76.0 Å². The monoisotopic (exact) mass is 352 g/mol. The van der Waals surface area contributed by atoms with Gasteiger partial charge >= 0.3 is 0 Å². The van der Waals surface area contributed by atoms with Gasteiger partial charge in [-0.3, -0.25) is 0 Å². The molecule has 2 N–H and O–H groups in total. The first kappa shape index (κ1) is 18.8. The van der Waals surface area contributed by atoms with Gasteiger partial charge in [0.05, 0.1) is 0 Å². The van der Waals surface area contributed by atoms with Gasteiger partial charge in [0, 0.05) is 0 Å². The van der Waals surface area contributed by atoms with Gasteiger partial charge in [-0.25, -0.2) is 0 Å². The van der Waals surface area contributed by atoms with E-state index in [9.17, 15) is 5.11 Å². The molecule has 2 heteroatoms. The van der Waals surface area contributed by atoms with Crippen molar-refractivity contribution in [1.29, 1.82) is 0 Å². The molecule has 2 aliphatic rings. The number of hydrogen-bond donors (Lipinski definition) is 2. The Bertz CT molecular complexity index is 617. The van der Waals surface area contributed by atoms with Crippen molar-refractivity contribution in [2.75, 3.05) is 0 Å². The zero-order valence-corrected chi connectivity index (χ0v) is 15.7. The van der Waals surface area contributed by atoms with Crippen molar-refractivity contribution >= 4 is 0 Å². The molecule has 2 saturated carbocycles. The van der Waals surface area contributed by atoms with Gasteiger partial charge in [0.2, 0.25) is 0 Å².